The normalized spacial score (nSPS) is 11.2. The van der Waals surface area contributed by atoms with E-state index in [0.29, 0.717) is 16.3 Å². The summed E-state index contributed by atoms with van der Waals surface area (Å²) in [7, 11) is 0. The van der Waals surface area contributed by atoms with Crippen LogP contribution in [0.5, 0.6) is 5.75 Å². The van der Waals surface area contributed by atoms with E-state index in [9.17, 15) is 4.79 Å². The smallest absolute Gasteiger partial charge is 0.267 e. The van der Waals surface area contributed by atoms with Gasteiger partial charge in [-0.15, -0.1) is 11.3 Å². The average Bonchev–Trinajstić information content (AvgIpc) is 2.92. The van der Waals surface area contributed by atoms with Gasteiger partial charge in [0.1, 0.15) is 17.2 Å². The zero-order chi connectivity index (χ0) is 15.2. The molecule has 0 bridgehead atoms. The van der Waals surface area contributed by atoms with Crippen LogP contribution in [-0.2, 0) is 0 Å². The van der Waals surface area contributed by atoms with Crippen LogP contribution >= 0.6 is 11.3 Å². The van der Waals surface area contributed by atoms with Gasteiger partial charge in [-0.1, -0.05) is 17.3 Å². The molecule has 1 heterocycles. The molecule has 2 rings (SSSR count). The van der Waals surface area contributed by atoms with Gasteiger partial charge in [0, 0.05) is 0 Å². The van der Waals surface area contributed by atoms with Crippen molar-refractivity contribution in [2.24, 2.45) is 10.9 Å². The van der Waals surface area contributed by atoms with Crippen molar-refractivity contribution < 1.29 is 14.7 Å². The maximum Gasteiger partial charge on any atom is 0.267 e. The number of nitrogens with two attached hydrogens (primary N) is 1. The van der Waals surface area contributed by atoms with E-state index in [2.05, 4.69) is 15.5 Å². The lowest BCUT2D eigenvalue weighted by atomic mass is 10.3. The molecule has 7 nitrogen and oxygen atoms in total. The molecule has 2 aromatic rings. The topological polar surface area (TPSA) is 110 Å². The summed E-state index contributed by atoms with van der Waals surface area (Å²) in [4.78, 5) is 16.6. The number of amides is 1. The van der Waals surface area contributed by atoms with Crippen molar-refractivity contribution in [1.29, 1.82) is 0 Å². The number of para-hydroxylation sites is 2. The maximum atomic E-state index is 12.1. The van der Waals surface area contributed by atoms with Gasteiger partial charge in [-0.3, -0.25) is 4.79 Å². The van der Waals surface area contributed by atoms with Crippen molar-refractivity contribution >= 4 is 28.8 Å². The Labute approximate surface area is 125 Å². The number of nitrogens with one attached hydrogen (secondary N) is 1. The fraction of sp³-hybridized carbons (Fsp3) is 0.154. The van der Waals surface area contributed by atoms with Gasteiger partial charge in [-0.25, -0.2) is 4.98 Å². The van der Waals surface area contributed by atoms with Gasteiger partial charge in [0.2, 0.25) is 0 Å². The third kappa shape index (κ3) is 3.93. The summed E-state index contributed by atoms with van der Waals surface area (Å²) in [6.45, 7) is 1.75. The van der Waals surface area contributed by atoms with Crippen molar-refractivity contribution in [2.45, 2.75) is 6.92 Å². The van der Waals surface area contributed by atoms with Crippen molar-refractivity contribution in [3.63, 3.8) is 0 Å². The molecule has 0 unspecified atom stereocenters. The molecule has 0 atom stereocenters. The van der Waals surface area contributed by atoms with E-state index in [0.717, 1.165) is 5.01 Å². The number of carbonyl (C=O) groups is 1. The number of nitrogens with zero attached hydrogens (tertiary/aromatic N) is 2. The molecule has 0 saturated carbocycles. The Kier molecular flexibility index (Phi) is 4.72. The Hall–Kier alpha value is -2.61. The van der Waals surface area contributed by atoms with Gasteiger partial charge in [-0.05, 0) is 19.1 Å². The molecule has 1 aromatic carbocycles. The number of hydrogen-bond acceptors (Lipinski definition) is 6. The first kappa shape index (κ1) is 14.8. The van der Waals surface area contributed by atoms with Crippen LogP contribution in [0.15, 0.2) is 35.6 Å². The number of aryl methyl sites for hydroxylation is 1. The molecule has 0 saturated heterocycles. The molecule has 4 N–H and O–H groups in total. The molecule has 0 fully saturated rings. The molecule has 0 aliphatic heterocycles. The third-order valence-corrected chi connectivity index (χ3v) is 3.40. The monoisotopic (exact) mass is 306 g/mol. The third-order valence-electron chi connectivity index (χ3n) is 2.48. The van der Waals surface area contributed by atoms with Crippen molar-refractivity contribution in [2.75, 3.05) is 11.9 Å². The summed E-state index contributed by atoms with van der Waals surface area (Å²) in [5.74, 6) is 0.105. The number of oxime groups is 1. The number of thiazole rings is 1. The van der Waals surface area contributed by atoms with Crippen molar-refractivity contribution in [3.05, 3.63) is 40.3 Å². The molecule has 0 radical (unpaired) electrons. The van der Waals surface area contributed by atoms with E-state index in [-0.39, 0.29) is 18.3 Å². The molecular weight excluding hydrogens is 292 g/mol. The van der Waals surface area contributed by atoms with Crippen LogP contribution in [-0.4, -0.2) is 28.5 Å². The fourth-order valence-corrected chi connectivity index (χ4v) is 2.20. The standard InChI is InChI=1S/C13H14N4O3S/c1-8-15-6-11(21-8)13(18)16-9-4-2-3-5-10(9)20-7-12(14)17-19/h2-6,19H,7H2,1H3,(H2,14,17)(H,16,18). The molecule has 1 amide bonds. The first-order valence-electron chi connectivity index (χ1n) is 6.02. The Morgan fingerprint density at radius 2 is 2.29 bits per heavy atom. The number of anilines is 1. The molecule has 0 aliphatic rings. The van der Waals surface area contributed by atoms with Gasteiger partial charge < -0.3 is 21.0 Å². The molecule has 0 aliphatic carbocycles. The van der Waals surface area contributed by atoms with E-state index in [1.165, 1.54) is 17.5 Å². The second-order valence-corrected chi connectivity index (χ2v) is 5.31. The van der Waals surface area contributed by atoms with Crippen LogP contribution < -0.4 is 15.8 Å². The molecule has 0 spiro atoms. The van der Waals surface area contributed by atoms with Crippen LogP contribution in [0.1, 0.15) is 14.7 Å². The lowest BCUT2D eigenvalue weighted by molar-refractivity contribution is 0.103. The van der Waals surface area contributed by atoms with Gasteiger partial charge in [-0.2, -0.15) is 0 Å². The number of carbonyl (C=O) groups excluding carboxylic acids is 1. The number of ether oxygens (including phenoxy) is 1. The van der Waals surface area contributed by atoms with E-state index >= 15 is 0 Å². The average molecular weight is 306 g/mol. The van der Waals surface area contributed by atoms with E-state index < -0.39 is 0 Å². The van der Waals surface area contributed by atoms with Gasteiger partial charge in [0.25, 0.3) is 5.91 Å². The Bertz CT molecular complexity index is 669. The highest BCUT2D eigenvalue weighted by Crippen LogP contribution is 2.25. The minimum Gasteiger partial charge on any atom is -0.483 e. The number of aromatic nitrogens is 1. The summed E-state index contributed by atoms with van der Waals surface area (Å²) in [5.41, 5.74) is 5.85. The Morgan fingerprint density at radius 3 is 2.95 bits per heavy atom. The zero-order valence-electron chi connectivity index (χ0n) is 11.2. The fourth-order valence-electron chi connectivity index (χ4n) is 1.53. The Morgan fingerprint density at radius 1 is 1.52 bits per heavy atom. The molecule has 21 heavy (non-hydrogen) atoms. The second kappa shape index (κ2) is 6.71. The SMILES string of the molecule is Cc1ncc(C(=O)Nc2ccccc2OC/C(N)=N/O)s1. The summed E-state index contributed by atoms with van der Waals surface area (Å²) >= 11 is 1.31. The van der Waals surface area contributed by atoms with Crippen molar-refractivity contribution in [1.82, 2.24) is 4.98 Å². The number of amidine groups is 1. The predicted octanol–water partition coefficient (Wildman–Crippen LogP) is 1.83. The summed E-state index contributed by atoms with van der Waals surface area (Å²) in [6, 6.07) is 6.91. The molecule has 1 aromatic heterocycles. The minimum absolute atomic E-state index is 0.0609. The van der Waals surface area contributed by atoms with Gasteiger partial charge in [0.05, 0.1) is 16.9 Å². The summed E-state index contributed by atoms with van der Waals surface area (Å²) in [6.07, 6.45) is 1.52. The molecule has 110 valence electrons. The van der Waals surface area contributed by atoms with Gasteiger partial charge in [0.15, 0.2) is 5.84 Å². The first-order chi connectivity index (χ1) is 10.1. The highest BCUT2D eigenvalue weighted by atomic mass is 32.1. The predicted molar refractivity (Wildman–Crippen MR) is 80.2 cm³/mol. The minimum atomic E-state index is -0.263. The molecule has 8 heteroatoms. The van der Waals surface area contributed by atoms with Crippen LogP contribution in [0.25, 0.3) is 0 Å². The van der Waals surface area contributed by atoms with E-state index in [1.807, 2.05) is 6.92 Å². The van der Waals surface area contributed by atoms with Crippen LogP contribution in [0, 0.1) is 6.92 Å². The Balaban J connectivity index is 2.11. The summed E-state index contributed by atoms with van der Waals surface area (Å²) in [5, 5.41) is 14.9. The van der Waals surface area contributed by atoms with Gasteiger partial charge >= 0.3 is 0 Å². The number of hydrogen-bond donors (Lipinski definition) is 3. The van der Waals surface area contributed by atoms with Crippen LogP contribution in [0.2, 0.25) is 0 Å². The van der Waals surface area contributed by atoms with Crippen LogP contribution in [0.4, 0.5) is 5.69 Å². The highest BCUT2D eigenvalue weighted by Gasteiger charge is 2.12. The second-order valence-electron chi connectivity index (χ2n) is 4.07. The lowest BCUT2D eigenvalue weighted by Crippen LogP contribution is -2.21. The largest absolute Gasteiger partial charge is 0.483 e. The number of benzene rings is 1. The molecular formula is C13H14N4O3S. The van der Waals surface area contributed by atoms with E-state index in [1.54, 1.807) is 24.3 Å². The zero-order valence-corrected chi connectivity index (χ0v) is 12.1. The summed E-state index contributed by atoms with van der Waals surface area (Å²) < 4.78 is 5.39. The quantitative estimate of drug-likeness (QED) is 0.338. The number of rotatable bonds is 5. The lowest BCUT2D eigenvalue weighted by Gasteiger charge is -2.11. The highest BCUT2D eigenvalue weighted by molar-refractivity contribution is 7.13. The first-order valence-corrected chi connectivity index (χ1v) is 6.84. The maximum absolute atomic E-state index is 12.1. The van der Waals surface area contributed by atoms with Crippen molar-refractivity contribution in [3.8, 4) is 5.75 Å². The van der Waals surface area contributed by atoms with E-state index in [4.69, 9.17) is 15.7 Å². The van der Waals surface area contributed by atoms with Crippen LogP contribution in [0.3, 0.4) is 0 Å².